The van der Waals surface area contributed by atoms with Crippen LogP contribution in [-0.4, -0.2) is 45.2 Å². The van der Waals surface area contributed by atoms with Crippen molar-refractivity contribution in [2.45, 2.75) is 12.5 Å². The third-order valence-corrected chi connectivity index (χ3v) is 3.11. The molecule has 0 unspecified atom stereocenters. The molecule has 19 heavy (non-hydrogen) atoms. The fraction of sp³-hybridized carbons (Fsp3) is 0.333. The lowest BCUT2D eigenvalue weighted by atomic mass is 10.1. The van der Waals surface area contributed by atoms with E-state index in [0.717, 1.165) is 0 Å². The highest BCUT2D eigenvalue weighted by atomic mass is 32.2. The monoisotopic (exact) mass is 285 g/mol. The molecule has 0 aliphatic rings. The van der Waals surface area contributed by atoms with Crippen molar-refractivity contribution in [2.75, 3.05) is 12.0 Å². The van der Waals surface area contributed by atoms with Crippen LogP contribution in [0.15, 0.2) is 18.2 Å². The second-order valence-electron chi connectivity index (χ2n) is 3.82. The van der Waals surface area contributed by atoms with Crippen molar-refractivity contribution in [1.29, 1.82) is 0 Å². The van der Waals surface area contributed by atoms with Crippen molar-refractivity contribution in [1.82, 2.24) is 5.32 Å². The maximum Gasteiger partial charge on any atom is 0.326 e. The van der Waals surface area contributed by atoms with Crippen molar-refractivity contribution in [3.8, 4) is 11.5 Å². The van der Waals surface area contributed by atoms with Crippen molar-refractivity contribution < 1.29 is 24.9 Å². The van der Waals surface area contributed by atoms with Crippen LogP contribution in [0.5, 0.6) is 11.5 Å². The number of hydrogen-bond donors (Lipinski definition) is 4. The summed E-state index contributed by atoms with van der Waals surface area (Å²) < 4.78 is 0. The quantitative estimate of drug-likeness (QED) is 0.622. The van der Waals surface area contributed by atoms with Crippen LogP contribution in [0.4, 0.5) is 0 Å². The Morgan fingerprint density at radius 1 is 1.32 bits per heavy atom. The van der Waals surface area contributed by atoms with Crippen LogP contribution in [0.3, 0.4) is 0 Å². The molecular formula is C12H15NO5S. The number of carboxylic acid groups (broad SMARTS) is 1. The van der Waals surface area contributed by atoms with Crippen molar-refractivity contribution in [2.24, 2.45) is 0 Å². The maximum absolute atomic E-state index is 11.9. The summed E-state index contributed by atoms with van der Waals surface area (Å²) in [6, 6.07) is 2.81. The van der Waals surface area contributed by atoms with Crippen molar-refractivity contribution in [3.05, 3.63) is 23.8 Å². The summed E-state index contributed by atoms with van der Waals surface area (Å²) in [5.41, 5.74) is -0.321. The lowest BCUT2D eigenvalue weighted by molar-refractivity contribution is -0.139. The first-order valence-electron chi connectivity index (χ1n) is 5.51. The van der Waals surface area contributed by atoms with Crippen molar-refractivity contribution in [3.63, 3.8) is 0 Å². The van der Waals surface area contributed by atoms with E-state index in [1.54, 1.807) is 0 Å². The molecule has 0 aromatic heterocycles. The Balaban J connectivity index is 2.85. The lowest BCUT2D eigenvalue weighted by Gasteiger charge is -2.15. The van der Waals surface area contributed by atoms with Gasteiger partial charge >= 0.3 is 5.97 Å². The van der Waals surface area contributed by atoms with Gasteiger partial charge in [0.05, 0.1) is 0 Å². The topological polar surface area (TPSA) is 107 Å². The molecule has 6 nitrogen and oxygen atoms in total. The average molecular weight is 285 g/mol. The van der Waals surface area contributed by atoms with E-state index in [4.69, 9.17) is 5.11 Å². The summed E-state index contributed by atoms with van der Waals surface area (Å²) in [5, 5.41) is 30.3. The number of hydrogen-bond acceptors (Lipinski definition) is 5. The molecule has 0 radical (unpaired) electrons. The van der Waals surface area contributed by atoms with Gasteiger partial charge in [-0.1, -0.05) is 6.07 Å². The largest absolute Gasteiger partial charge is 0.507 e. The van der Waals surface area contributed by atoms with Crippen LogP contribution in [0.2, 0.25) is 0 Å². The second kappa shape index (κ2) is 6.89. The van der Waals surface area contributed by atoms with Gasteiger partial charge in [0, 0.05) is 0 Å². The van der Waals surface area contributed by atoms with Crippen LogP contribution >= 0.6 is 11.8 Å². The highest BCUT2D eigenvalue weighted by Crippen LogP contribution is 2.26. The Kier molecular flexibility index (Phi) is 5.50. The number of carbonyl (C=O) groups is 2. The molecule has 1 amide bonds. The second-order valence-corrected chi connectivity index (χ2v) is 4.80. The molecule has 0 spiro atoms. The number of benzene rings is 1. The van der Waals surface area contributed by atoms with Crippen LogP contribution in [0.1, 0.15) is 16.8 Å². The van der Waals surface area contributed by atoms with E-state index < -0.39 is 29.4 Å². The molecule has 1 rings (SSSR count). The predicted octanol–water partition coefficient (Wildman–Crippen LogP) is 1.03. The van der Waals surface area contributed by atoms with Crippen molar-refractivity contribution >= 4 is 23.6 Å². The molecule has 1 aromatic carbocycles. The molecule has 0 fully saturated rings. The Morgan fingerprint density at radius 2 is 1.89 bits per heavy atom. The van der Waals surface area contributed by atoms with Crippen LogP contribution in [0, 0.1) is 0 Å². The number of carboxylic acids is 1. The van der Waals surface area contributed by atoms with Gasteiger partial charge in [-0.3, -0.25) is 4.79 Å². The molecular weight excluding hydrogens is 270 g/mol. The first-order chi connectivity index (χ1) is 8.97. The summed E-state index contributed by atoms with van der Waals surface area (Å²) in [4.78, 5) is 22.9. The Hall–Kier alpha value is -1.89. The number of thioether (sulfide) groups is 1. The van der Waals surface area contributed by atoms with Gasteiger partial charge in [-0.2, -0.15) is 11.8 Å². The summed E-state index contributed by atoms with van der Waals surface area (Å²) >= 11 is 1.46. The normalized spacial score (nSPS) is 11.8. The number of rotatable bonds is 6. The molecule has 0 heterocycles. The summed E-state index contributed by atoms with van der Waals surface area (Å²) in [6.07, 6.45) is 2.09. The van der Waals surface area contributed by atoms with E-state index in [9.17, 15) is 19.8 Å². The number of aromatic hydroxyl groups is 2. The van der Waals surface area contributed by atoms with E-state index in [0.29, 0.717) is 5.75 Å². The molecule has 0 saturated carbocycles. The van der Waals surface area contributed by atoms with Gasteiger partial charge in [0.15, 0.2) is 0 Å². The van der Waals surface area contributed by atoms with Gasteiger partial charge in [-0.25, -0.2) is 4.79 Å². The number of nitrogens with one attached hydrogen (secondary N) is 1. The standard InChI is InChI=1S/C12H15NO5S/c1-19-6-5-7(12(17)18)13-11(16)10-8(14)3-2-4-9(10)15/h2-4,7,14-15H,5-6H2,1H3,(H,13,16)(H,17,18)/t7-/m1/s1. The number of aliphatic carboxylic acids is 1. The van der Waals surface area contributed by atoms with Crippen LogP contribution in [0.25, 0.3) is 0 Å². The highest BCUT2D eigenvalue weighted by Gasteiger charge is 2.23. The average Bonchev–Trinajstić information content (AvgIpc) is 2.33. The molecule has 4 N–H and O–H groups in total. The minimum atomic E-state index is -1.16. The molecule has 0 saturated heterocycles. The molecule has 7 heteroatoms. The van der Waals surface area contributed by atoms with Crippen LogP contribution < -0.4 is 5.32 Å². The SMILES string of the molecule is CSCC[C@@H](NC(=O)c1c(O)cccc1O)C(=O)O. The zero-order valence-electron chi connectivity index (χ0n) is 10.3. The van der Waals surface area contributed by atoms with Gasteiger partial charge in [0.25, 0.3) is 5.91 Å². The van der Waals surface area contributed by atoms with Gasteiger partial charge in [0.2, 0.25) is 0 Å². The molecule has 0 aliphatic carbocycles. The van der Waals surface area contributed by atoms with E-state index in [-0.39, 0.29) is 12.0 Å². The van der Waals surface area contributed by atoms with E-state index >= 15 is 0 Å². The molecule has 0 bridgehead atoms. The zero-order chi connectivity index (χ0) is 14.4. The fourth-order valence-corrected chi connectivity index (χ4v) is 1.96. The number of amides is 1. The lowest BCUT2D eigenvalue weighted by Crippen LogP contribution is -2.41. The fourth-order valence-electron chi connectivity index (χ4n) is 1.48. The van der Waals surface area contributed by atoms with Crippen LogP contribution in [-0.2, 0) is 4.79 Å². The van der Waals surface area contributed by atoms with E-state index in [1.165, 1.54) is 30.0 Å². The van der Waals surface area contributed by atoms with E-state index in [1.807, 2.05) is 6.26 Å². The molecule has 104 valence electrons. The maximum atomic E-state index is 11.9. The third-order valence-electron chi connectivity index (χ3n) is 2.46. The number of phenols is 2. The Bertz CT molecular complexity index is 457. The van der Waals surface area contributed by atoms with Gasteiger partial charge in [-0.15, -0.1) is 0 Å². The first kappa shape index (κ1) is 15.2. The summed E-state index contributed by atoms with van der Waals surface area (Å²) in [6.45, 7) is 0. The smallest absolute Gasteiger partial charge is 0.326 e. The van der Waals surface area contributed by atoms with Gasteiger partial charge in [0.1, 0.15) is 23.1 Å². The molecule has 1 atom stereocenters. The van der Waals surface area contributed by atoms with Gasteiger partial charge < -0.3 is 20.6 Å². The summed E-state index contributed by atoms with van der Waals surface area (Å²) in [7, 11) is 0. The highest BCUT2D eigenvalue weighted by molar-refractivity contribution is 7.98. The Morgan fingerprint density at radius 3 is 2.37 bits per heavy atom. The number of carbonyl (C=O) groups excluding carboxylic acids is 1. The predicted molar refractivity (Wildman–Crippen MR) is 71.7 cm³/mol. The zero-order valence-corrected chi connectivity index (χ0v) is 11.1. The first-order valence-corrected chi connectivity index (χ1v) is 6.90. The van der Waals surface area contributed by atoms with Gasteiger partial charge in [-0.05, 0) is 30.6 Å². The third kappa shape index (κ3) is 4.06. The molecule has 1 aromatic rings. The minimum Gasteiger partial charge on any atom is -0.507 e. The summed E-state index contributed by atoms with van der Waals surface area (Å²) in [5.74, 6) is -2.19. The molecule has 0 aliphatic heterocycles. The van der Waals surface area contributed by atoms with E-state index in [2.05, 4.69) is 5.32 Å². The minimum absolute atomic E-state index is 0.261. The number of phenolic OH excluding ortho intramolecular Hbond substituents is 2. The Labute approximate surface area is 114 Å².